The van der Waals surface area contributed by atoms with Gasteiger partial charge < -0.3 is 15.6 Å². The molecule has 2 rings (SSSR count). The number of carbonyl (C=O) groups is 1. The minimum atomic E-state index is -0.0599. The summed E-state index contributed by atoms with van der Waals surface area (Å²) < 4.78 is 0. The zero-order valence-electron chi connectivity index (χ0n) is 9.66. The van der Waals surface area contributed by atoms with Crippen LogP contribution in [0.2, 0.25) is 0 Å². The highest BCUT2D eigenvalue weighted by molar-refractivity contribution is 5.80. The molecule has 0 aliphatic carbocycles. The Labute approximate surface area is 95.0 Å². The quantitative estimate of drug-likeness (QED) is 0.701. The molecule has 0 bridgehead atoms. The van der Waals surface area contributed by atoms with E-state index in [1.54, 1.807) is 12.4 Å². The molecule has 1 amide bonds. The molecule has 3 N–H and O–H groups in total. The smallest absolute Gasteiger partial charge is 0.225 e. The van der Waals surface area contributed by atoms with Crippen molar-refractivity contribution in [2.24, 2.45) is 5.92 Å². The van der Waals surface area contributed by atoms with E-state index in [-0.39, 0.29) is 23.9 Å². The molecule has 1 aromatic heterocycles. The third-order valence-electron chi connectivity index (χ3n) is 3.15. The lowest BCUT2D eigenvalue weighted by molar-refractivity contribution is -0.125. The highest BCUT2D eigenvalue weighted by Crippen LogP contribution is 2.16. The molecule has 1 aliphatic heterocycles. The van der Waals surface area contributed by atoms with Gasteiger partial charge in [0.15, 0.2) is 0 Å². The summed E-state index contributed by atoms with van der Waals surface area (Å²) in [6.45, 7) is 4.91. The number of amides is 1. The second kappa shape index (κ2) is 4.65. The number of H-pyrrole nitrogens is 1. The van der Waals surface area contributed by atoms with Crippen LogP contribution in [0.3, 0.4) is 0 Å². The van der Waals surface area contributed by atoms with Gasteiger partial charge in [-0.05, 0) is 26.8 Å². The van der Waals surface area contributed by atoms with Crippen LogP contribution in [0.5, 0.6) is 0 Å². The van der Waals surface area contributed by atoms with E-state index in [9.17, 15) is 4.79 Å². The van der Waals surface area contributed by atoms with Crippen LogP contribution in [-0.2, 0) is 4.79 Å². The fraction of sp³-hybridized carbons (Fsp3) is 0.636. The molecular formula is C11H18N4O. The Balaban J connectivity index is 1.92. The summed E-state index contributed by atoms with van der Waals surface area (Å²) in [5, 5.41) is 6.26. The summed E-state index contributed by atoms with van der Waals surface area (Å²) in [5.41, 5.74) is 0. The van der Waals surface area contributed by atoms with Gasteiger partial charge in [-0.25, -0.2) is 4.98 Å². The standard InChI is InChI=1S/C11H18N4O/c1-7-9(3-4-12-7)11(16)15-8(2)10-13-5-6-14-10/h5-9,12H,3-4H2,1-2H3,(H,13,14)(H,15,16). The van der Waals surface area contributed by atoms with E-state index in [1.807, 2.05) is 6.92 Å². The number of imidazole rings is 1. The van der Waals surface area contributed by atoms with Crippen molar-refractivity contribution in [3.8, 4) is 0 Å². The van der Waals surface area contributed by atoms with Crippen LogP contribution < -0.4 is 10.6 Å². The van der Waals surface area contributed by atoms with Gasteiger partial charge in [0.25, 0.3) is 0 Å². The van der Waals surface area contributed by atoms with Gasteiger partial charge in [-0.2, -0.15) is 0 Å². The molecule has 2 heterocycles. The number of nitrogens with one attached hydrogen (secondary N) is 3. The first-order valence-electron chi connectivity index (χ1n) is 5.71. The molecule has 5 heteroatoms. The fourth-order valence-corrected chi connectivity index (χ4v) is 2.12. The molecule has 1 aromatic rings. The summed E-state index contributed by atoms with van der Waals surface area (Å²) >= 11 is 0. The Bertz CT molecular complexity index is 349. The van der Waals surface area contributed by atoms with Crippen LogP contribution in [0, 0.1) is 5.92 Å². The summed E-state index contributed by atoms with van der Waals surface area (Å²) in [7, 11) is 0. The second-order valence-electron chi connectivity index (χ2n) is 4.34. The predicted octanol–water partition coefficient (Wildman–Crippen LogP) is 0.585. The average molecular weight is 222 g/mol. The SMILES string of the molecule is CC(NC(=O)C1CCNC1C)c1ncc[nH]1. The molecule has 1 fully saturated rings. The van der Waals surface area contributed by atoms with E-state index in [1.165, 1.54) is 0 Å². The number of aromatic amines is 1. The monoisotopic (exact) mass is 222 g/mol. The van der Waals surface area contributed by atoms with Gasteiger partial charge in [-0.1, -0.05) is 0 Å². The lowest BCUT2D eigenvalue weighted by atomic mass is 10.0. The highest BCUT2D eigenvalue weighted by atomic mass is 16.2. The van der Waals surface area contributed by atoms with Gasteiger partial charge in [0.2, 0.25) is 5.91 Å². The topological polar surface area (TPSA) is 69.8 Å². The zero-order chi connectivity index (χ0) is 11.5. The Morgan fingerprint density at radius 3 is 3.06 bits per heavy atom. The predicted molar refractivity (Wildman–Crippen MR) is 60.7 cm³/mol. The molecule has 3 atom stereocenters. The number of hydrogen-bond acceptors (Lipinski definition) is 3. The van der Waals surface area contributed by atoms with E-state index in [0.29, 0.717) is 0 Å². The van der Waals surface area contributed by atoms with Crippen LogP contribution in [0.25, 0.3) is 0 Å². The molecule has 88 valence electrons. The van der Waals surface area contributed by atoms with Gasteiger partial charge in [0.05, 0.1) is 12.0 Å². The summed E-state index contributed by atoms with van der Waals surface area (Å²) in [6.07, 6.45) is 4.37. The molecule has 0 aromatic carbocycles. The van der Waals surface area contributed by atoms with Gasteiger partial charge in [0.1, 0.15) is 5.82 Å². The van der Waals surface area contributed by atoms with Crippen molar-refractivity contribution in [2.45, 2.75) is 32.4 Å². The number of carbonyl (C=O) groups excluding carboxylic acids is 1. The third-order valence-corrected chi connectivity index (χ3v) is 3.15. The normalized spacial score (nSPS) is 26.6. The van der Waals surface area contributed by atoms with Gasteiger partial charge >= 0.3 is 0 Å². The summed E-state index contributed by atoms with van der Waals surface area (Å²) in [6, 6.07) is 0.208. The summed E-state index contributed by atoms with van der Waals surface area (Å²) in [5.74, 6) is 0.991. The van der Waals surface area contributed by atoms with E-state index < -0.39 is 0 Å². The van der Waals surface area contributed by atoms with E-state index in [0.717, 1.165) is 18.8 Å². The van der Waals surface area contributed by atoms with Crippen molar-refractivity contribution in [2.75, 3.05) is 6.54 Å². The maximum absolute atomic E-state index is 12.0. The highest BCUT2D eigenvalue weighted by Gasteiger charge is 2.30. The van der Waals surface area contributed by atoms with Crippen LogP contribution >= 0.6 is 0 Å². The molecular weight excluding hydrogens is 204 g/mol. The maximum Gasteiger partial charge on any atom is 0.225 e. The second-order valence-corrected chi connectivity index (χ2v) is 4.34. The van der Waals surface area contributed by atoms with Gasteiger partial charge in [0, 0.05) is 18.4 Å². The number of aromatic nitrogens is 2. The van der Waals surface area contributed by atoms with Gasteiger partial charge in [-0.15, -0.1) is 0 Å². The van der Waals surface area contributed by atoms with Crippen LogP contribution in [0.1, 0.15) is 32.1 Å². The van der Waals surface area contributed by atoms with E-state index in [4.69, 9.17) is 0 Å². The van der Waals surface area contributed by atoms with Crippen LogP contribution in [-0.4, -0.2) is 28.5 Å². The molecule has 5 nitrogen and oxygen atoms in total. The molecule has 3 unspecified atom stereocenters. The van der Waals surface area contributed by atoms with E-state index in [2.05, 4.69) is 27.5 Å². The van der Waals surface area contributed by atoms with Crippen molar-refractivity contribution in [3.05, 3.63) is 18.2 Å². The molecule has 1 saturated heterocycles. The molecule has 0 spiro atoms. The van der Waals surface area contributed by atoms with Crippen molar-refractivity contribution >= 4 is 5.91 Å². The largest absolute Gasteiger partial charge is 0.347 e. The molecule has 0 saturated carbocycles. The number of hydrogen-bond donors (Lipinski definition) is 3. The average Bonchev–Trinajstić information content (AvgIpc) is 2.86. The Morgan fingerprint density at radius 2 is 2.50 bits per heavy atom. The van der Waals surface area contributed by atoms with Crippen LogP contribution in [0.4, 0.5) is 0 Å². The number of nitrogens with zero attached hydrogens (tertiary/aromatic N) is 1. The first-order valence-corrected chi connectivity index (χ1v) is 5.71. The number of rotatable bonds is 3. The summed E-state index contributed by atoms with van der Waals surface area (Å²) in [4.78, 5) is 19.1. The molecule has 0 radical (unpaired) electrons. The Hall–Kier alpha value is -1.36. The molecule has 16 heavy (non-hydrogen) atoms. The minimum absolute atomic E-state index is 0.0599. The lowest BCUT2D eigenvalue weighted by Crippen LogP contribution is -2.38. The van der Waals surface area contributed by atoms with Crippen LogP contribution in [0.15, 0.2) is 12.4 Å². The first kappa shape index (κ1) is 11.1. The zero-order valence-corrected chi connectivity index (χ0v) is 9.66. The fourth-order valence-electron chi connectivity index (χ4n) is 2.12. The lowest BCUT2D eigenvalue weighted by Gasteiger charge is -2.18. The third kappa shape index (κ3) is 2.24. The Morgan fingerprint density at radius 1 is 1.69 bits per heavy atom. The van der Waals surface area contributed by atoms with Crippen molar-refractivity contribution in [1.82, 2.24) is 20.6 Å². The van der Waals surface area contributed by atoms with Crippen molar-refractivity contribution in [3.63, 3.8) is 0 Å². The molecule has 1 aliphatic rings. The van der Waals surface area contributed by atoms with E-state index >= 15 is 0 Å². The minimum Gasteiger partial charge on any atom is -0.347 e. The maximum atomic E-state index is 12.0. The van der Waals surface area contributed by atoms with Gasteiger partial charge in [-0.3, -0.25) is 4.79 Å². The first-order chi connectivity index (χ1) is 7.68. The van der Waals surface area contributed by atoms with Crippen molar-refractivity contribution in [1.29, 1.82) is 0 Å². The van der Waals surface area contributed by atoms with Crippen molar-refractivity contribution < 1.29 is 4.79 Å². The Kier molecular flexibility index (Phi) is 3.24.